The van der Waals surface area contributed by atoms with Gasteiger partial charge in [-0.3, -0.25) is 4.79 Å². The number of carboxylic acids is 1. The van der Waals surface area contributed by atoms with Gasteiger partial charge >= 0.3 is 5.97 Å². The fourth-order valence-corrected chi connectivity index (χ4v) is 1.50. The average molecular weight is 232 g/mol. The summed E-state index contributed by atoms with van der Waals surface area (Å²) >= 11 is 0. The van der Waals surface area contributed by atoms with Gasteiger partial charge in [-0.1, -0.05) is 0 Å². The predicted octanol–water partition coefficient (Wildman–Crippen LogP) is 2.61. The van der Waals surface area contributed by atoms with E-state index in [2.05, 4.69) is 11.4 Å². The van der Waals surface area contributed by atoms with E-state index in [0.717, 1.165) is 5.69 Å². The van der Waals surface area contributed by atoms with Crippen LogP contribution in [0.5, 0.6) is 0 Å². The van der Waals surface area contributed by atoms with Gasteiger partial charge in [0.1, 0.15) is 0 Å². The molecular formula is C13H16N2O2. The number of aliphatic carboxylic acids is 1. The molecular weight excluding hydrogens is 216 g/mol. The molecule has 0 unspecified atom stereocenters. The van der Waals surface area contributed by atoms with Crippen LogP contribution < -0.4 is 5.32 Å². The number of anilines is 1. The van der Waals surface area contributed by atoms with Gasteiger partial charge in [0.25, 0.3) is 0 Å². The summed E-state index contributed by atoms with van der Waals surface area (Å²) in [4.78, 5) is 10.5. The SMILES string of the molecule is CC(C)(CCC(=O)O)Nc1ccc(C#N)cc1. The molecule has 0 fully saturated rings. The van der Waals surface area contributed by atoms with Crippen molar-refractivity contribution in [2.45, 2.75) is 32.2 Å². The molecule has 0 aliphatic heterocycles. The first kappa shape index (κ1) is 13.0. The molecule has 4 heteroatoms. The Kier molecular flexibility index (Phi) is 4.11. The van der Waals surface area contributed by atoms with E-state index >= 15 is 0 Å². The summed E-state index contributed by atoms with van der Waals surface area (Å²) in [5, 5.41) is 20.6. The van der Waals surface area contributed by atoms with Gasteiger partial charge in [0.15, 0.2) is 0 Å². The van der Waals surface area contributed by atoms with Gasteiger partial charge in [0.05, 0.1) is 11.6 Å². The third-order valence-corrected chi connectivity index (χ3v) is 2.46. The van der Waals surface area contributed by atoms with E-state index < -0.39 is 5.97 Å². The second-order valence-electron chi connectivity index (χ2n) is 4.59. The molecule has 0 aliphatic rings. The molecule has 1 aromatic carbocycles. The molecule has 17 heavy (non-hydrogen) atoms. The molecule has 0 heterocycles. The van der Waals surface area contributed by atoms with Crippen LogP contribution in [0.4, 0.5) is 5.69 Å². The third-order valence-electron chi connectivity index (χ3n) is 2.46. The van der Waals surface area contributed by atoms with Crippen molar-refractivity contribution in [3.8, 4) is 6.07 Å². The molecule has 0 aliphatic carbocycles. The molecule has 4 nitrogen and oxygen atoms in total. The lowest BCUT2D eigenvalue weighted by atomic mass is 9.98. The minimum Gasteiger partial charge on any atom is -0.481 e. The maximum atomic E-state index is 10.5. The normalized spacial score (nSPS) is 10.6. The first-order valence-electron chi connectivity index (χ1n) is 5.43. The second kappa shape index (κ2) is 5.35. The first-order valence-corrected chi connectivity index (χ1v) is 5.43. The molecule has 2 N–H and O–H groups in total. The molecule has 0 saturated heterocycles. The summed E-state index contributed by atoms with van der Waals surface area (Å²) in [5.74, 6) is -0.792. The third kappa shape index (κ3) is 4.56. The lowest BCUT2D eigenvalue weighted by Crippen LogP contribution is -2.31. The van der Waals surface area contributed by atoms with Crippen LogP contribution in [0.15, 0.2) is 24.3 Å². The number of carboxylic acid groups (broad SMARTS) is 1. The van der Waals surface area contributed by atoms with Crippen molar-refractivity contribution in [2.24, 2.45) is 0 Å². The molecule has 90 valence electrons. The van der Waals surface area contributed by atoms with Crippen LogP contribution in [-0.2, 0) is 4.79 Å². The predicted molar refractivity (Wildman–Crippen MR) is 65.7 cm³/mol. The van der Waals surface area contributed by atoms with Gasteiger partial charge in [-0.2, -0.15) is 5.26 Å². The molecule has 0 amide bonds. The van der Waals surface area contributed by atoms with Crippen molar-refractivity contribution in [1.29, 1.82) is 5.26 Å². The van der Waals surface area contributed by atoms with Crippen LogP contribution in [0.25, 0.3) is 0 Å². The van der Waals surface area contributed by atoms with E-state index in [-0.39, 0.29) is 12.0 Å². The Morgan fingerprint density at radius 2 is 2.00 bits per heavy atom. The zero-order valence-electron chi connectivity index (χ0n) is 10.0. The summed E-state index contributed by atoms with van der Waals surface area (Å²) in [6.07, 6.45) is 0.679. The number of benzene rings is 1. The van der Waals surface area contributed by atoms with Crippen molar-refractivity contribution in [3.05, 3.63) is 29.8 Å². The zero-order chi connectivity index (χ0) is 12.9. The number of nitrogens with zero attached hydrogens (tertiary/aromatic N) is 1. The number of nitriles is 1. The topological polar surface area (TPSA) is 73.1 Å². The molecule has 0 radical (unpaired) electrons. The summed E-state index contributed by atoms with van der Waals surface area (Å²) in [5.41, 5.74) is 1.21. The van der Waals surface area contributed by atoms with E-state index in [1.165, 1.54) is 0 Å². The Morgan fingerprint density at radius 1 is 1.41 bits per heavy atom. The molecule has 0 saturated carbocycles. The number of carbonyl (C=O) groups is 1. The molecule has 1 rings (SSSR count). The number of rotatable bonds is 5. The van der Waals surface area contributed by atoms with E-state index in [4.69, 9.17) is 10.4 Å². The van der Waals surface area contributed by atoms with Crippen LogP contribution in [0.3, 0.4) is 0 Å². The van der Waals surface area contributed by atoms with Gasteiger partial charge in [-0.25, -0.2) is 0 Å². The maximum Gasteiger partial charge on any atom is 0.303 e. The van der Waals surface area contributed by atoms with Crippen molar-refractivity contribution in [1.82, 2.24) is 0 Å². The molecule has 0 bridgehead atoms. The van der Waals surface area contributed by atoms with Gasteiger partial charge in [0.2, 0.25) is 0 Å². The molecule has 1 aromatic rings. The highest BCUT2D eigenvalue weighted by atomic mass is 16.4. The number of hydrogen-bond acceptors (Lipinski definition) is 3. The zero-order valence-corrected chi connectivity index (χ0v) is 10.0. The maximum absolute atomic E-state index is 10.5. The Hall–Kier alpha value is -2.02. The average Bonchev–Trinajstić information content (AvgIpc) is 2.27. The van der Waals surface area contributed by atoms with Gasteiger partial charge < -0.3 is 10.4 Å². The standard InChI is InChI=1S/C13H16N2O2/c1-13(2,8-7-12(16)17)15-11-5-3-10(9-14)4-6-11/h3-6,15H,7-8H2,1-2H3,(H,16,17). The van der Waals surface area contributed by atoms with Crippen LogP contribution in [-0.4, -0.2) is 16.6 Å². The lowest BCUT2D eigenvalue weighted by molar-refractivity contribution is -0.137. The fourth-order valence-electron chi connectivity index (χ4n) is 1.50. The van der Waals surface area contributed by atoms with E-state index in [1.807, 2.05) is 26.0 Å². The molecule has 0 aromatic heterocycles. The minimum atomic E-state index is -0.792. The van der Waals surface area contributed by atoms with E-state index in [1.54, 1.807) is 12.1 Å². The lowest BCUT2D eigenvalue weighted by Gasteiger charge is -2.27. The number of nitrogens with one attached hydrogen (secondary N) is 1. The largest absolute Gasteiger partial charge is 0.481 e. The summed E-state index contributed by atoms with van der Waals surface area (Å²) < 4.78 is 0. The summed E-state index contributed by atoms with van der Waals surface area (Å²) in [6.45, 7) is 3.91. The van der Waals surface area contributed by atoms with Gasteiger partial charge in [0, 0.05) is 17.6 Å². The first-order chi connectivity index (χ1) is 7.93. The van der Waals surface area contributed by atoms with Crippen LogP contribution in [0, 0.1) is 11.3 Å². The highest BCUT2D eigenvalue weighted by Gasteiger charge is 2.18. The van der Waals surface area contributed by atoms with Crippen LogP contribution in [0.1, 0.15) is 32.3 Å². The fraction of sp³-hybridized carbons (Fsp3) is 0.385. The Bertz CT molecular complexity index is 430. The van der Waals surface area contributed by atoms with E-state index in [0.29, 0.717) is 12.0 Å². The minimum absolute atomic E-state index is 0.135. The monoisotopic (exact) mass is 232 g/mol. The van der Waals surface area contributed by atoms with Gasteiger partial charge in [-0.15, -0.1) is 0 Å². The summed E-state index contributed by atoms with van der Waals surface area (Å²) in [6, 6.07) is 9.16. The second-order valence-corrected chi connectivity index (χ2v) is 4.59. The summed E-state index contributed by atoms with van der Waals surface area (Å²) in [7, 11) is 0. The quantitative estimate of drug-likeness (QED) is 0.818. The van der Waals surface area contributed by atoms with Crippen molar-refractivity contribution < 1.29 is 9.90 Å². The Morgan fingerprint density at radius 3 is 2.47 bits per heavy atom. The highest BCUT2D eigenvalue weighted by Crippen LogP contribution is 2.19. The van der Waals surface area contributed by atoms with Crippen LogP contribution >= 0.6 is 0 Å². The van der Waals surface area contributed by atoms with Gasteiger partial charge in [-0.05, 0) is 44.5 Å². The molecule has 0 atom stereocenters. The van der Waals surface area contributed by atoms with Crippen molar-refractivity contribution in [2.75, 3.05) is 5.32 Å². The Labute approximate surface area is 101 Å². The number of hydrogen-bond donors (Lipinski definition) is 2. The molecule has 0 spiro atoms. The highest BCUT2D eigenvalue weighted by molar-refractivity contribution is 5.67. The smallest absolute Gasteiger partial charge is 0.303 e. The van der Waals surface area contributed by atoms with Crippen molar-refractivity contribution in [3.63, 3.8) is 0 Å². The Balaban J connectivity index is 2.62. The van der Waals surface area contributed by atoms with Crippen molar-refractivity contribution >= 4 is 11.7 Å². The van der Waals surface area contributed by atoms with Crippen LogP contribution in [0.2, 0.25) is 0 Å². The van der Waals surface area contributed by atoms with E-state index in [9.17, 15) is 4.79 Å².